The summed E-state index contributed by atoms with van der Waals surface area (Å²) in [6.45, 7) is 0. The summed E-state index contributed by atoms with van der Waals surface area (Å²) in [5.41, 5.74) is 3.91. The number of rotatable bonds is 5. The highest BCUT2D eigenvalue weighted by Crippen LogP contribution is 2.32. The van der Waals surface area contributed by atoms with E-state index in [0.29, 0.717) is 15.3 Å². The fraction of sp³-hybridized carbons (Fsp3) is 0.0385. The lowest BCUT2D eigenvalue weighted by molar-refractivity contribution is 0.412. The molecule has 4 aromatic heterocycles. The molecule has 0 radical (unpaired) electrons. The maximum atomic E-state index is 13.2. The smallest absolute Gasteiger partial charge is 0.291 e. The van der Waals surface area contributed by atoms with Crippen LogP contribution < -0.4 is 14.8 Å². The van der Waals surface area contributed by atoms with Gasteiger partial charge in [-0.05, 0) is 64.5 Å². The molecule has 10 heteroatoms. The number of nitrogens with zero attached hydrogens (tertiary/aromatic N) is 6. The lowest BCUT2D eigenvalue weighted by Crippen LogP contribution is -2.23. The summed E-state index contributed by atoms with van der Waals surface area (Å²) in [6.07, 6.45) is 7.10. The number of thiazole rings is 1. The van der Waals surface area contributed by atoms with Crippen LogP contribution in [0.2, 0.25) is 0 Å². The predicted molar refractivity (Wildman–Crippen MR) is 142 cm³/mol. The number of methoxy groups -OCH3 is 1. The van der Waals surface area contributed by atoms with Gasteiger partial charge in [-0.25, -0.2) is 4.68 Å². The first-order chi connectivity index (χ1) is 17.6. The van der Waals surface area contributed by atoms with Gasteiger partial charge >= 0.3 is 0 Å². The fourth-order valence-electron chi connectivity index (χ4n) is 3.84. The number of para-hydroxylation sites is 1. The van der Waals surface area contributed by atoms with Gasteiger partial charge in [-0.15, -0.1) is 5.10 Å². The average Bonchev–Trinajstić information content (AvgIpc) is 3.60. The zero-order chi connectivity index (χ0) is 24.6. The van der Waals surface area contributed by atoms with Gasteiger partial charge in [0.1, 0.15) is 11.4 Å². The van der Waals surface area contributed by atoms with Crippen molar-refractivity contribution in [2.24, 2.45) is 0 Å². The molecular weight excluding hydrogens is 540 g/mol. The highest BCUT2D eigenvalue weighted by atomic mass is 79.9. The van der Waals surface area contributed by atoms with Crippen molar-refractivity contribution < 1.29 is 4.74 Å². The van der Waals surface area contributed by atoms with Crippen LogP contribution in [0.25, 0.3) is 39.4 Å². The standard InChI is InChI=1S/C26H17BrN6O2S/c1-35-21-8-7-17(13-20(21)27)23-18(15-32(30-23)19-5-3-2-4-6-19)14-22-25(34)33-26(36-22)29-24(31-33)16-9-11-28-12-10-16/h2-15H,1H3. The van der Waals surface area contributed by atoms with Crippen molar-refractivity contribution >= 4 is 38.3 Å². The number of ether oxygens (including phenoxy) is 1. The fourth-order valence-corrected chi connectivity index (χ4v) is 5.28. The van der Waals surface area contributed by atoms with Crippen molar-refractivity contribution in [1.82, 2.24) is 29.4 Å². The Bertz CT molecular complexity index is 1810. The van der Waals surface area contributed by atoms with Crippen LogP contribution in [0.5, 0.6) is 5.75 Å². The molecule has 0 fully saturated rings. The average molecular weight is 557 g/mol. The van der Waals surface area contributed by atoms with Crippen LogP contribution in [0.1, 0.15) is 5.56 Å². The first kappa shape index (κ1) is 22.3. The molecule has 6 aromatic rings. The zero-order valence-electron chi connectivity index (χ0n) is 18.9. The molecule has 0 aliphatic rings. The summed E-state index contributed by atoms with van der Waals surface area (Å²) in [5.74, 6) is 1.22. The lowest BCUT2D eigenvalue weighted by Gasteiger charge is -2.05. The van der Waals surface area contributed by atoms with Crippen LogP contribution >= 0.6 is 27.3 Å². The third kappa shape index (κ3) is 4.00. The second-order valence-corrected chi connectivity index (χ2v) is 9.71. The van der Waals surface area contributed by atoms with Gasteiger partial charge in [-0.3, -0.25) is 9.78 Å². The molecule has 0 aliphatic heterocycles. The maximum Gasteiger partial charge on any atom is 0.291 e. The Hall–Kier alpha value is -4.15. The molecule has 0 aliphatic carbocycles. The van der Waals surface area contributed by atoms with E-state index in [2.05, 4.69) is 31.0 Å². The molecule has 0 saturated heterocycles. The first-order valence-electron chi connectivity index (χ1n) is 10.9. The van der Waals surface area contributed by atoms with Crippen LogP contribution in [0.3, 0.4) is 0 Å². The van der Waals surface area contributed by atoms with Gasteiger partial charge in [-0.1, -0.05) is 29.5 Å². The van der Waals surface area contributed by atoms with E-state index >= 15 is 0 Å². The minimum absolute atomic E-state index is 0.225. The molecule has 2 aromatic carbocycles. The minimum atomic E-state index is -0.225. The normalized spacial score (nSPS) is 11.9. The summed E-state index contributed by atoms with van der Waals surface area (Å²) in [4.78, 5) is 22.3. The van der Waals surface area contributed by atoms with E-state index < -0.39 is 0 Å². The number of hydrogen-bond donors (Lipinski definition) is 0. The van der Waals surface area contributed by atoms with Crippen LogP contribution in [0.4, 0.5) is 0 Å². The molecule has 0 unspecified atom stereocenters. The van der Waals surface area contributed by atoms with Crippen molar-refractivity contribution in [3.63, 3.8) is 0 Å². The number of halogens is 1. The van der Waals surface area contributed by atoms with E-state index in [9.17, 15) is 4.79 Å². The van der Waals surface area contributed by atoms with Gasteiger partial charge in [0.25, 0.3) is 5.56 Å². The SMILES string of the molecule is COc1ccc(-c2nn(-c3ccccc3)cc2C=c2sc3nc(-c4ccncc4)nn3c2=O)cc1Br. The van der Waals surface area contributed by atoms with Gasteiger partial charge < -0.3 is 4.74 Å². The second-order valence-electron chi connectivity index (χ2n) is 7.84. The molecular formula is C26H17BrN6O2S. The molecule has 36 heavy (non-hydrogen) atoms. The summed E-state index contributed by atoms with van der Waals surface area (Å²) in [5, 5.41) is 9.27. The molecule has 4 heterocycles. The molecule has 0 saturated carbocycles. The van der Waals surface area contributed by atoms with Crippen LogP contribution in [-0.2, 0) is 0 Å². The number of hydrogen-bond acceptors (Lipinski definition) is 7. The second kappa shape index (κ2) is 9.14. The Kier molecular flexibility index (Phi) is 5.67. The molecule has 8 nitrogen and oxygen atoms in total. The largest absolute Gasteiger partial charge is 0.496 e. The topological polar surface area (TPSA) is 87.2 Å². The molecule has 0 spiro atoms. The van der Waals surface area contributed by atoms with E-state index in [0.717, 1.165) is 38.3 Å². The number of fused-ring (bicyclic) bond motifs is 1. The van der Waals surface area contributed by atoms with E-state index in [1.165, 1.54) is 15.9 Å². The van der Waals surface area contributed by atoms with Crippen molar-refractivity contribution in [2.75, 3.05) is 7.11 Å². The van der Waals surface area contributed by atoms with E-state index in [4.69, 9.17) is 9.84 Å². The molecule has 176 valence electrons. The van der Waals surface area contributed by atoms with Gasteiger partial charge in [0, 0.05) is 35.3 Å². The number of benzene rings is 2. The minimum Gasteiger partial charge on any atom is -0.496 e. The van der Waals surface area contributed by atoms with E-state index in [-0.39, 0.29) is 5.56 Å². The van der Waals surface area contributed by atoms with Crippen molar-refractivity contribution in [3.8, 4) is 34.1 Å². The summed E-state index contributed by atoms with van der Waals surface area (Å²) >= 11 is 4.85. The van der Waals surface area contributed by atoms with Crippen LogP contribution in [0, 0.1) is 0 Å². The molecule has 0 N–H and O–H groups in total. The maximum absolute atomic E-state index is 13.2. The zero-order valence-corrected chi connectivity index (χ0v) is 21.3. The van der Waals surface area contributed by atoms with Crippen molar-refractivity contribution in [1.29, 1.82) is 0 Å². The van der Waals surface area contributed by atoms with Crippen molar-refractivity contribution in [2.45, 2.75) is 0 Å². The molecule has 6 rings (SSSR count). The molecule has 0 atom stereocenters. The van der Waals surface area contributed by atoms with Gasteiger partial charge in [0.05, 0.1) is 21.8 Å². The highest BCUT2D eigenvalue weighted by molar-refractivity contribution is 9.10. The Balaban J connectivity index is 1.50. The van der Waals surface area contributed by atoms with E-state index in [1.807, 2.05) is 77.6 Å². The highest BCUT2D eigenvalue weighted by Gasteiger charge is 2.16. The Morgan fingerprint density at radius 3 is 2.53 bits per heavy atom. The Morgan fingerprint density at radius 1 is 1.00 bits per heavy atom. The lowest BCUT2D eigenvalue weighted by atomic mass is 10.1. The quantitative estimate of drug-likeness (QED) is 0.313. The molecule has 0 amide bonds. The van der Waals surface area contributed by atoms with E-state index in [1.54, 1.807) is 19.5 Å². The monoisotopic (exact) mass is 556 g/mol. The van der Waals surface area contributed by atoms with Crippen LogP contribution in [0.15, 0.2) is 88.5 Å². The van der Waals surface area contributed by atoms with Gasteiger partial charge in [-0.2, -0.15) is 14.6 Å². The summed E-state index contributed by atoms with van der Waals surface area (Å²) in [6, 6.07) is 19.2. The van der Waals surface area contributed by atoms with Crippen LogP contribution in [-0.4, -0.2) is 36.5 Å². The summed E-state index contributed by atoms with van der Waals surface area (Å²) in [7, 11) is 1.63. The third-order valence-corrected chi connectivity index (χ3v) is 7.17. The molecule has 0 bridgehead atoms. The number of pyridine rings is 1. The third-order valence-electron chi connectivity index (χ3n) is 5.60. The number of aromatic nitrogens is 6. The Labute approximate surface area is 217 Å². The Morgan fingerprint density at radius 2 is 1.81 bits per heavy atom. The first-order valence-corrected chi connectivity index (χ1v) is 12.5. The predicted octanol–water partition coefficient (Wildman–Crippen LogP) is 4.38. The van der Waals surface area contributed by atoms with Gasteiger partial charge in [0.2, 0.25) is 4.96 Å². The van der Waals surface area contributed by atoms with Gasteiger partial charge in [0.15, 0.2) is 5.82 Å². The summed E-state index contributed by atoms with van der Waals surface area (Å²) < 4.78 is 9.87. The van der Waals surface area contributed by atoms with Crippen molar-refractivity contribution in [3.05, 3.63) is 104 Å².